The van der Waals surface area contributed by atoms with Crippen LogP contribution in [0.5, 0.6) is 17.2 Å². The highest BCUT2D eigenvalue weighted by molar-refractivity contribution is 6.09. The average Bonchev–Trinajstić information content (AvgIpc) is 3.45. The van der Waals surface area contributed by atoms with Gasteiger partial charge in [0, 0.05) is 46.3 Å². The molecule has 0 radical (unpaired) electrons. The Balaban J connectivity index is 1.41. The van der Waals surface area contributed by atoms with Gasteiger partial charge in [-0.3, -0.25) is 0 Å². The minimum Gasteiger partial charge on any atom is -0.493 e. The first kappa shape index (κ1) is 30.5. The van der Waals surface area contributed by atoms with Crippen molar-refractivity contribution >= 4 is 22.5 Å². The van der Waals surface area contributed by atoms with Crippen LogP contribution in [-0.4, -0.2) is 40.5 Å². The van der Waals surface area contributed by atoms with Gasteiger partial charge >= 0.3 is 0 Å². The van der Waals surface area contributed by atoms with Gasteiger partial charge < -0.3 is 23.8 Å². The van der Waals surface area contributed by atoms with Crippen LogP contribution in [0.3, 0.4) is 0 Å². The Hall–Kier alpha value is -4.81. The Morgan fingerprint density at radius 1 is 0.792 bits per heavy atom. The van der Waals surface area contributed by atoms with Gasteiger partial charge in [-0.2, -0.15) is 0 Å². The monoisotopic (exact) mass is 641 g/mol. The zero-order chi connectivity index (χ0) is 33.0. The van der Waals surface area contributed by atoms with Crippen molar-refractivity contribution in [2.24, 2.45) is 0 Å². The molecule has 1 fully saturated rings. The smallest absolute Gasteiger partial charge is 0.178 e. The van der Waals surface area contributed by atoms with Crippen LogP contribution >= 0.6 is 0 Å². The van der Waals surface area contributed by atoms with Crippen LogP contribution in [0.1, 0.15) is 54.5 Å². The average molecular weight is 642 g/mol. The summed E-state index contributed by atoms with van der Waals surface area (Å²) in [7, 11) is 3.34. The van der Waals surface area contributed by atoms with Crippen LogP contribution in [-0.2, 0) is 15.8 Å². The number of halogens is 1. The molecular weight excluding hydrogens is 601 g/mol. The Bertz CT molecular complexity index is 2040. The third-order valence-electron chi connectivity index (χ3n) is 10.9. The summed E-state index contributed by atoms with van der Waals surface area (Å²) in [5, 5.41) is 2.00. The van der Waals surface area contributed by atoms with Crippen molar-refractivity contribution in [3.05, 3.63) is 125 Å². The lowest BCUT2D eigenvalue weighted by Gasteiger charge is -2.39. The Kier molecular flexibility index (Phi) is 7.44. The van der Waals surface area contributed by atoms with Gasteiger partial charge in [-0.25, -0.2) is 4.39 Å². The normalized spacial score (nSPS) is 19.0. The fraction of sp³-hybridized carbons (Fsp3) is 0.286. The van der Waals surface area contributed by atoms with Crippen molar-refractivity contribution in [2.45, 2.75) is 37.7 Å². The molecule has 0 spiro atoms. The summed E-state index contributed by atoms with van der Waals surface area (Å²) >= 11 is 0. The van der Waals surface area contributed by atoms with Crippen molar-refractivity contribution in [3.63, 3.8) is 0 Å². The van der Waals surface area contributed by atoms with Crippen molar-refractivity contribution in [1.82, 2.24) is 0 Å². The highest BCUT2D eigenvalue weighted by Crippen LogP contribution is 2.61. The van der Waals surface area contributed by atoms with Crippen LogP contribution in [0, 0.1) is 5.82 Å². The number of morpholine rings is 1. The first-order valence-electron chi connectivity index (χ1n) is 16.9. The predicted octanol–water partition coefficient (Wildman–Crippen LogP) is 9.27. The number of rotatable bonds is 7. The van der Waals surface area contributed by atoms with Crippen LogP contribution in [0.4, 0.5) is 10.1 Å². The van der Waals surface area contributed by atoms with Crippen LogP contribution in [0.25, 0.3) is 28.0 Å². The molecule has 5 aromatic carbocycles. The second-order valence-corrected chi connectivity index (χ2v) is 12.9. The molecule has 0 aromatic heterocycles. The largest absolute Gasteiger partial charge is 0.493 e. The number of hydrogen-bond donors (Lipinski definition) is 0. The van der Waals surface area contributed by atoms with E-state index in [0.717, 1.165) is 78.0 Å². The molecule has 5 aromatic rings. The summed E-state index contributed by atoms with van der Waals surface area (Å²) in [6.45, 7) is 7.72. The molecule has 1 unspecified atom stereocenters. The predicted molar refractivity (Wildman–Crippen MR) is 190 cm³/mol. The molecule has 6 heteroatoms. The zero-order valence-corrected chi connectivity index (χ0v) is 27.9. The maximum absolute atomic E-state index is 14.4. The molecule has 0 bridgehead atoms. The summed E-state index contributed by atoms with van der Waals surface area (Å²) in [4.78, 5) is 2.34. The van der Waals surface area contributed by atoms with E-state index in [1.54, 1.807) is 14.2 Å². The number of benzene rings is 5. The number of nitrogens with zero attached hydrogens (tertiary/aromatic N) is 1. The van der Waals surface area contributed by atoms with Gasteiger partial charge in [0.15, 0.2) is 17.1 Å². The van der Waals surface area contributed by atoms with E-state index in [1.165, 1.54) is 34.4 Å². The van der Waals surface area contributed by atoms with Gasteiger partial charge in [0.2, 0.25) is 0 Å². The van der Waals surface area contributed by atoms with Gasteiger partial charge in [0.25, 0.3) is 0 Å². The standard InChI is InChI=1S/C42H40FNO4/c1-5-41(6-2)35-10-8-7-9-31(35)38-33-25-36(45-3)37(46-4)26-34(33)40-32(39(38)41)19-20-42(48-40,27-11-15-29(43)16-12-27)28-13-17-30(18-14-28)44-21-23-47-24-22-44/h7-20,25-26H,5-6,21-24H2,1-4H3. The van der Waals surface area contributed by atoms with E-state index in [9.17, 15) is 4.39 Å². The highest BCUT2D eigenvalue weighted by atomic mass is 19.1. The number of anilines is 1. The lowest BCUT2D eigenvalue weighted by atomic mass is 9.71. The van der Waals surface area contributed by atoms with E-state index in [2.05, 4.69) is 85.5 Å². The number of hydrogen-bond acceptors (Lipinski definition) is 5. The Labute approximate surface area is 281 Å². The van der Waals surface area contributed by atoms with Crippen LogP contribution < -0.4 is 19.1 Å². The minimum absolute atomic E-state index is 0.194. The molecule has 0 amide bonds. The molecule has 0 saturated carbocycles. The summed E-state index contributed by atoms with van der Waals surface area (Å²) in [5.41, 5.74) is 7.93. The second-order valence-electron chi connectivity index (χ2n) is 12.9. The van der Waals surface area contributed by atoms with E-state index >= 15 is 0 Å². The summed E-state index contributed by atoms with van der Waals surface area (Å²) in [6, 6.07) is 28.2. The summed E-state index contributed by atoms with van der Waals surface area (Å²) < 4.78 is 39.2. The zero-order valence-electron chi connectivity index (χ0n) is 27.9. The molecule has 244 valence electrons. The lowest BCUT2D eigenvalue weighted by Crippen LogP contribution is -2.37. The highest BCUT2D eigenvalue weighted by Gasteiger charge is 2.47. The second kappa shape index (κ2) is 11.7. The van der Waals surface area contributed by atoms with Gasteiger partial charge in [0.1, 0.15) is 11.6 Å². The first-order valence-corrected chi connectivity index (χ1v) is 16.9. The Morgan fingerprint density at radius 3 is 2.06 bits per heavy atom. The fourth-order valence-corrected chi connectivity index (χ4v) is 8.40. The molecule has 8 rings (SSSR count). The van der Waals surface area contributed by atoms with Crippen molar-refractivity contribution in [3.8, 4) is 28.4 Å². The van der Waals surface area contributed by atoms with Gasteiger partial charge in [0.05, 0.1) is 27.4 Å². The van der Waals surface area contributed by atoms with Crippen molar-refractivity contribution in [1.29, 1.82) is 0 Å². The molecule has 1 saturated heterocycles. The molecule has 48 heavy (non-hydrogen) atoms. The molecule has 0 N–H and O–H groups in total. The number of fused-ring (bicyclic) bond motifs is 8. The fourth-order valence-electron chi connectivity index (χ4n) is 8.40. The van der Waals surface area contributed by atoms with E-state index < -0.39 is 5.60 Å². The maximum Gasteiger partial charge on any atom is 0.178 e. The topological polar surface area (TPSA) is 40.2 Å². The minimum atomic E-state index is -1.01. The van der Waals surface area contributed by atoms with Crippen molar-refractivity contribution in [2.75, 3.05) is 45.4 Å². The van der Waals surface area contributed by atoms with E-state index in [-0.39, 0.29) is 11.2 Å². The van der Waals surface area contributed by atoms with Gasteiger partial charge in [-0.15, -0.1) is 0 Å². The number of ether oxygens (including phenoxy) is 4. The molecule has 2 heterocycles. The van der Waals surface area contributed by atoms with Gasteiger partial charge in [-0.05, 0) is 83.0 Å². The van der Waals surface area contributed by atoms with E-state index in [4.69, 9.17) is 18.9 Å². The SMILES string of the molecule is CCC1(CC)c2ccccc2-c2c1c1c(c3cc(OC)c(OC)cc23)OC(c2ccc(F)cc2)(c2ccc(N3CCOCC3)cc2)C=C1. The van der Waals surface area contributed by atoms with Crippen molar-refractivity contribution < 1.29 is 23.3 Å². The molecular formula is C42H40FNO4. The number of methoxy groups -OCH3 is 2. The van der Waals surface area contributed by atoms with Crippen LogP contribution in [0.15, 0.2) is 91.0 Å². The molecule has 1 aliphatic carbocycles. The third-order valence-corrected chi connectivity index (χ3v) is 10.9. The first-order chi connectivity index (χ1) is 23.5. The van der Waals surface area contributed by atoms with E-state index in [0.29, 0.717) is 11.5 Å². The lowest BCUT2D eigenvalue weighted by molar-refractivity contribution is 0.122. The summed E-state index contributed by atoms with van der Waals surface area (Å²) in [6.07, 6.45) is 6.30. The van der Waals surface area contributed by atoms with Gasteiger partial charge in [-0.1, -0.05) is 68.5 Å². The quantitative estimate of drug-likeness (QED) is 0.177. The Morgan fingerprint density at radius 2 is 1.42 bits per heavy atom. The van der Waals surface area contributed by atoms with Crippen LogP contribution in [0.2, 0.25) is 0 Å². The molecule has 3 aliphatic rings. The third kappa shape index (κ3) is 4.38. The summed E-state index contributed by atoms with van der Waals surface area (Å²) in [5.74, 6) is 1.80. The maximum atomic E-state index is 14.4. The molecule has 2 aliphatic heterocycles. The molecule has 5 nitrogen and oxygen atoms in total. The molecule has 1 atom stereocenters. The van der Waals surface area contributed by atoms with E-state index in [1.807, 2.05) is 18.2 Å².